The molecule has 1 aliphatic rings. The van der Waals surface area contributed by atoms with E-state index in [4.69, 9.17) is 9.72 Å². The number of nitrogens with zero attached hydrogens (tertiary/aromatic N) is 2. The van der Waals surface area contributed by atoms with E-state index in [9.17, 15) is 4.79 Å². The standard InChI is InChI=1S/C27H28N2O2S/c1-18-11-13-21(14-12-18)31-16-6-15-29-25(20-8-5-7-19(2)17-20)28-26-24(27(29)30)22-9-3-4-10-23(22)32-26/h5,7-8,11-14,17H,3-4,6,9-10,15-16H2,1-2H3. The van der Waals surface area contributed by atoms with Crippen LogP contribution in [0.5, 0.6) is 5.75 Å². The van der Waals surface area contributed by atoms with Gasteiger partial charge in [-0.15, -0.1) is 11.3 Å². The van der Waals surface area contributed by atoms with Gasteiger partial charge in [0.2, 0.25) is 0 Å². The molecule has 2 aromatic carbocycles. The van der Waals surface area contributed by atoms with Gasteiger partial charge in [0, 0.05) is 17.0 Å². The van der Waals surface area contributed by atoms with Crippen LogP contribution in [0.1, 0.15) is 40.8 Å². The number of hydrogen-bond acceptors (Lipinski definition) is 4. The molecule has 5 rings (SSSR count). The van der Waals surface area contributed by atoms with E-state index >= 15 is 0 Å². The molecular weight excluding hydrogens is 416 g/mol. The van der Waals surface area contributed by atoms with Gasteiger partial charge in [0.25, 0.3) is 5.56 Å². The van der Waals surface area contributed by atoms with E-state index in [0.717, 1.165) is 58.6 Å². The molecule has 0 unspecified atom stereocenters. The van der Waals surface area contributed by atoms with Crippen LogP contribution in [-0.4, -0.2) is 16.2 Å². The van der Waals surface area contributed by atoms with E-state index in [1.165, 1.54) is 22.4 Å². The number of aromatic nitrogens is 2. The average molecular weight is 445 g/mol. The first-order valence-corrected chi connectivity index (χ1v) is 12.2. The van der Waals surface area contributed by atoms with E-state index < -0.39 is 0 Å². The molecule has 0 aliphatic heterocycles. The number of rotatable bonds is 6. The van der Waals surface area contributed by atoms with Crippen LogP contribution in [-0.2, 0) is 19.4 Å². The zero-order chi connectivity index (χ0) is 22.1. The summed E-state index contributed by atoms with van der Waals surface area (Å²) in [5.41, 5.74) is 4.71. The van der Waals surface area contributed by atoms with Crippen LogP contribution in [0, 0.1) is 13.8 Å². The van der Waals surface area contributed by atoms with Gasteiger partial charge >= 0.3 is 0 Å². The minimum atomic E-state index is 0.0984. The van der Waals surface area contributed by atoms with E-state index in [0.29, 0.717) is 13.2 Å². The first kappa shape index (κ1) is 21.0. The van der Waals surface area contributed by atoms with Gasteiger partial charge in [-0.05, 0) is 69.7 Å². The maximum atomic E-state index is 13.7. The second-order valence-corrected chi connectivity index (χ2v) is 9.75. The summed E-state index contributed by atoms with van der Waals surface area (Å²) in [6, 6.07) is 16.3. The molecule has 5 heteroatoms. The maximum absolute atomic E-state index is 13.7. The van der Waals surface area contributed by atoms with Crippen LogP contribution in [0.4, 0.5) is 0 Å². The average Bonchev–Trinajstić information content (AvgIpc) is 3.17. The third-order valence-corrected chi connectivity index (χ3v) is 7.35. The molecule has 2 aromatic heterocycles. The highest BCUT2D eigenvalue weighted by molar-refractivity contribution is 7.18. The Morgan fingerprint density at radius 1 is 1.03 bits per heavy atom. The number of hydrogen-bond donors (Lipinski definition) is 0. The molecule has 4 nitrogen and oxygen atoms in total. The Morgan fingerprint density at radius 2 is 1.84 bits per heavy atom. The predicted octanol–water partition coefficient (Wildman–Crippen LogP) is 6.09. The Balaban J connectivity index is 1.49. The van der Waals surface area contributed by atoms with Gasteiger partial charge in [0.15, 0.2) is 0 Å². The molecule has 0 saturated carbocycles. The van der Waals surface area contributed by atoms with Crippen LogP contribution >= 0.6 is 11.3 Å². The Hall–Kier alpha value is -2.92. The molecule has 32 heavy (non-hydrogen) atoms. The first-order chi connectivity index (χ1) is 15.6. The van der Waals surface area contributed by atoms with Crippen molar-refractivity contribution in [2.75, 3.05) is 6.61 Å². The summed E-state index contributed by atoms with van der Waals surface area (Å²) in [4.78, 5) is 21.0. The predicted molar refractivity (Wildman–Crippen MR) is 132 cm³/mol. The largest absolute Gasteiger partial charge is 0.494 e. The van der Waals surface area contributed by atoms with Gasteiger partial charge in [-0.25, -0.2) is 4.98 Å². The Kier molecular flexibility index (Phi) is 5.83. The lowest BCUT2D eigenvalue weighted by Crippen LogP contribution is -2.25. The SMILES string of the molecule is Cc1ccc(OCCCn2c(-c3cccc(C)c3)nc3sc4c(c3c2=O)CCCC4)cc1. The highest BCUT2D eigenvalue weighted by atomic mass is 32.1. The van der Waals surface area contributed by atoms with Crippen molar-refractivity contribution in [1.29, 1.82) is 0 Å². The molecular formula is C27H28N2O2S. The Bertz CT molecular complexity index is 1320. The van der Waals surface area contributed by atoms with Gasteiger partial charge < -0.3 is 4.74 Å². The first-order valence-electron chi connectivity index (χ1n) is 11.4. The van der Waals surface area contributed by atoms with Crippen molar-refractivity contribution < 1.29 is 4.74 Å². The third-order valence-electron chi connectivity index (χ3n) is 6.17. The van der Waals surface area contributed by atoms with Crippen molar-refractivity contribution in [2.45, 2.75) is 52.5 Å². The molecule has 0 N–H and O–H groups in total. The highest BCUT2D eigenvalue weighted by Gasteiger charge is 2.22. The number of ether oxygens (including phenoxy) is 1. The number of benzene rings is 2. The Labute approximate surface area is 192 Å². The molecule has 0 fully saturated rings. The fourth-order valence-electron chi connectivity index (χ4n) is 4.50. The van der Waals surface area contributed by atoms with Crippen molar-refractivity contribution in [3.8, 4) is 17.1 Å². The molecule has 0 radical (unpaired) electrons. The summed E-state index contributed by atoms with van der Waals surface area (Å²) in [6.45, 7) is 5.28. The van der Waals surface area contributed by atoms with E-state index in [1.54, 1.807) is 11.3 Å². The Morgan fingerprint density at radius 3 is 2.66 bits per heavy atom. The summed E-state index contributed by atoms with van der Waals surface area (Å²) in [5, 5.41) is 0.848. The molecule has 0 atom stereocenters. The van der Waals surface area contributed by atoms with Gasteiger partial charge in [0.1, 0.15) is 16.4 Å². The van der Waals surface area contributed by atoms with Gasteiger partial charge in [0.05, 0.1) is 12.0 Å². The van der Waals surface area contributed by atoms with Crippen molar-refractivity contribution in [3.63, 3.8) is 0 Å². The smallest absolute Gasteiger partial charge is 0.262 e. The molecule has 0 spiro atoms. The summed E-state index contributed by atoms with van der Waals surface area (Å²) in [6.07, 6.45) is 5.16. The lowest BCUT2D eigenvalue weighted by atomic mass is 9.97. The topological polar surface area (TPSA) is 44.1 Å². The summed E-state index contributed by atoms with van der Waals surface area (Å²) < 4.78 is 7.79. The fourth-order valence-corrected chi connectivity index (χ4v) is 5.75. The van der Waals surface area contributed by atoms with Crippen LogP contribution in [0.25, 0.3) is 21.6 Å². The normalized spacial score (nSPS) is 13.3. The highest BCUT2D eigenvalue weighted by Crippen LogP contribution is 2.35. The van der Waals surface area contributed by atoms with Gasteiger partial charge in [-0.3, -0.25) is 9.36 Å². The lowest BCUT2D eigenvalue weighted by molar-refractivity contribution is 0.301. The zero-order valence-corrected chi connectivity index (χ0v) is 19.5. The molecule has 2 heterocycles. The number of aryl methyl sites for hydroxylation is 4. The monoisotopic (exact) mass is 444 g/mol. The lowest BCUT2D eigenvalue weighted by Gasteiger charge is -2.15. The van der Waals surface area contributed by atoms with Crippen molar-refractivity contribution >= 4 is 21.6 Å². The van der Waals surface area contributed by atoms with Crippen molar-refractivity contribution in [1.82, 2.24) is 9.55 Å². The van der Waals surface area contributed by atoms with Crippen molar-refractivity contribution in [2.24, 2.45) is 0 Å². The summed E-state index contributed by atoms with van der Waals surface area (Å²) >= 11 is 1.71. The van der Waals surface area contributed by atoms with Gasteiger partial charge in [-0.1, -0.05) is 41.5 Å². The number of thiophene rings is 1. The zero-order valence-electron chi connectivity index (χ0n) is 18.7. The molecule has 0 saturated heterocycles. The fraction of sp³-hybridized carbons (Fsp3) is 0.333. The van der Waals surface area contributed by atoms with Crippen LogP contribution < -0.4 is 10.3 Å². The van der Waals surface area contributed by atoms with E-state index in [2.05, 4.69) is 26.0 Å². The number of fused-ring (bicyclic) bond motifs is 3. The second kappa shape index (κ2) is 8.91. The summed E-state index contributed by atoms with van der Waals surface area (Å²) in [7, 11) is 0. The minimum Gasteiger partial charge on any atom is -0.494 e. The second-order valence-electron chi connectivity index (χ2n) is 8.67. The maximum Gasteiger partial charge on any atom is 0.262 e. The third kappa shape index (κ3) is 4.09. The molecule has 1 aliphatic carbocycles. The summed E-state index contributed by atoms with van der Waals surface area (Å²) in [5.74, 6) is 1.63. The van der Waals surface area contributed by atoms with E-state index in [-0.39, 0.29) is 5.56 Å². The molecule has 4 aromatic rings. The van der Waals surface area contributed by atoms with E-state index in [1.807, 2.05) is 41.0 Å². The minimum absolute atomic E-state index is 0.0984. The van der Waals surface area contributed by atoms with Crippen molar-refractivity contribution in [3.05, 3.63) is 80.5 Å². The van der Waals surface area contributed by atoms with Crippen LogP contribution in [0.15, 0.2) is 53.3 Å². The van der Waals surface area contributed by atoms with Crippen LogP contribution in [0.2, 0.25) is 0 Å². The molecule has 164 valence electrons. The quantitative estimate of drug-likeness (QED) is 0.338. The van der Waals surface area contributed by atoms with Crippen LogP contribution in [0.3, 0.4) is 0 Å². The molecule has 0 bridgehead atoms. The molecule has 0 amide bonds. The van der Waals surface area contributed by atoms with Gasteiger partial charge in [-0.2, -0.15) is 0 Å².